The number of ether oxygens (including phenoxy) is 3. The molecule has 0 bridgehead atoms. The molecule has 1 amide bonds. The van der Waals surface area contributed by atoms with E-state index in [-0.39, 0.29) is 6.29 Å². The molecule has 1 aromatic heterocycles. The van der Waals surface area contributed by atoms with Gasteiger partial charge in [-0.3, -0.25) is 0 Å². The summed E-state index contributed by atoms with van der Waals surface area (Å²) in [6.45, 7) is 7.12. The molecular weight excluding hydrogens is 340 g/mol. The summed E-state index contributed by atoms with van der Waals surface area (Å²) in [5, 5.41) is 2.75. The summed E-state index contributed by atoms with van der Waals surface area (Å²) in [5.41, 5.74) is 4.17. The molecule has 1 aliphatic rings. The summed E-state index contributed by atoms with van der Waals surface area (Å²) in [7, 11) is 0. The molecule has 0 atom stereocenters. The van der Waals surface area contributed by atoms with Crippen molar-refractivity contribution in [3.05, 3.63) is 41.0 Å². The van der Waals surface area contributed by atoms with Gasteiger partial charge in [-0.1, -0.05) is 24.3 Å². The summed E-state index contributed by atoms with van der Waals surface area (Å²) in [6.07, 6.45) is -0.799. The van der Waals surface area contributed by atoms with E-state index in [4.69, 9.17) is 14.2 Å². The minimum absolute atomic E-state index is 0.380. The van der Waals surface area contributed by atoms with Crippen LogP contribution in [0.3, 0.4) is 0 Å². The topological polar surface area (TPSA) is 69.7 Å². The fraction of sp³-hybridized carbons (Fsp3) is 0.444. The number of hydrogen-bond donors (Lipinski definition) is 1. The van der Waals surface area contributed by atoms with Crippen LogP contribution < -0.4 is 5.32 Å². The van der Waals surface area contributed by atoms with Crippen LogP contribution in [0.2, 0.25) is 0 Å². The molecule has 1 fully saturated rings. The standard InChI is InChI=1S/C18H22N2O4S/c1-18(2,3)24-17(21)19-10-12-4-6-13(7-5-12)15-14(20-11-25-15)16-22-8-9-23-16/h4-7,11,16H,8-10H2,1-3H3,(H,19,21). The van der Waals surface area contributed by atoms with Crippen LogP contribution in [-0.2, 0) is 20.8 Å². The summed E-state index contributed by atoms with van der Waals surface area (Å²) in [5.74, 6) is 0. The van der Waals surface area contributed by atoms with Gasteiger partial charge in [-0.15, -0.1) is 11.3 Å². The van der Waals surface area contributed by atoms with Gasteiger partial charge in [-0.05, 0) is 31.9 Å². The van der Waals surface area contributed by atoms with Crippen molar-refractivity contribution in [1.29, 1.82) is 0 Å². The van der Waals surface area contributed by atoms with Crippen LogP contribution in [0.4, 0.5) is 4.79 Å². The number of aromatic nitrogens is 1. The Labute approximate surface area is 151 Å². The molecule has 1 N–H and O–H groups in total. The average molecular weight is 362 g/mol. The molecule has 3 rings (SSSR count). The first-order valence-electron chi connectivity index (χ1n) is 8.15. The zero-order valence-corrected chi connectivity index (χ0v) is 15.4. The Bertz CT molecular complexity index is 715. The molecule has 1 saturated heterocycles. The summed E-state index contributed by atoms with van der Waals surface area (Å²) >= 11 is 1.56. The summed E-state index contributed by atoms with van der Waals surface area (Å²) in [6, 6.07) is 7.98. The van der Waals surface area contributed by atoms with E-state index in [2.05, 4.69) is 10.3 Å². The van der Waals surface area contributed by atoms with Crippen LogP contribution >= 0.6 is 11.3 Å². The quantitative estimate of drug-likeness (QED) is 0.894. The Morgan fingerprint density at radius 3 is 2.60 bits per heavy atom. The SMILES string of the molecule is CC(C)(C)OC(=O)NCc1ccc(-c2scnc2C2OCCO2)cc1. The number of nitrogens with one attached hydrogen (secondary N) is 1. The van der Waals surface area contributed by atoms with Crippen molar-refractivity contribution in [1.82, 2.24) is 10.3 Å². The second-order valence-electron chi connectivity index (χ2n) is 6.69. The van der Waals surface area contributed by atoms with E-state index in [1.54, 1.807) is 16.8 Å². The number of alkyl carbamates (subject to hydrolysis) is 1. The fourth-order valence-corrected chi connectivity index (χ4v) is 3.23. The minimum Gasteiger partial charge on any atom is -0.444 e. The molecule has 0 unspecified atom stereocenters. The highest BCUT2D eigenvalue weighted by molar-refractivity contribution is 7.13. The van der Waals surface area contributed by atoms with E-state index in [1.165, 1.54) is 0 Å². The third-order valence-electron chi connectivity index (χ3n) is 3.49. The molecule has 0 spiro atoms. The molecule has 1 aromatic carbocycles. The number of benzene rings is 1. The van der Waals surface area contributed by atoms with Gasteiger partial charge in [0.25, 0.3) is 0 Å². The highest BCUT2D eigenvalue weighted by atomic mass is 32.1. The van der Waals surface area contributed by atoms with Crippen molar-refractivity contribution in [3.63, 3.8) is 0 Å². The smallest absolute Gasteiger partial charge is 0.407 e. The maximum absolute atomic E-state index is 11.7. The maximum Gasteiger partial charge on any atom is 0.407 e. The predicted octanol–water partition coefficient (Wildman–Crippen LogP) is 3.88. The summed E-state index contributed by atoms with van der Waals surface area (Å²) < 4.78 is 16.3. The van der Waals surface area contributed by atoms with Gasteiger partial charge in [0.2, 0.25) is 6.29 Å². The molecule has 7 heteroatoms. The third-order valence-corrected chi connectivity index (χ3v) is 4.38. The van der Waals surface area contributed by atoms with Crippen LogP contribution in [0.15, 0.2) is 29.8 Å². The first kappa shape index (κ1) is 17.8. The van der Waals surface area contributed by atoms with E-state index in [1.807, 2.05) is 45.0 Å². The zero-order chi connectivity index (χ0) is 17.9. The third kappa shape index (κ3) is 4.78. The second-order valence-corrected chi connectivity index (χ2v) is 7.55. The second kappa shape index (κ2) is 7.51. The lowest BCUT2D eigenvalue weighted by molar-refractivity contribution is -0.0464. The van der Waals surface area contributed by atoms with E-state index in [0.717, 1.165) is 21.7 Å². The Balaban J connectivity index is 1.63. The van der Waals surface area contributed by atoms with E-state index < -0.39 is 11.7 Å². The van der Waals surface area contributed by atoms with Crippen molar-refractivity contribution in [2.75, 3.05) is 13.2 Å². The van der Waals surface area contributed by atoms with Crippen LogP contribution in [0, 0.1) is 0 Å². The highest BCUT2D eigenvalue weighted by Gasteiger charge is 2.24. The number of carbonyl (C=O) groups excluding carboxylic acids is 1. The minimum atomic E-state index is -0.499. The number of nitrogens with zero attached hydrogens (tertiary/aromatic N) is 1. The largest absolute Gasteiger partial charge is 0.444 e. The first-order chi connectivity index (χ1) is 11.9. The lowest BCUT2D eigenvalue weighted by Gasteiger charge is -2.19. The van der Waals surface area contributed by atoms with Crippen LogP contribution in [0.5, 0.6) is 0 Å². The normalized spacial score (nSPS) is 15.3. The van der Waals surface area contributed by atoms with Crippen LogP contribution in [0.25, 0.3) is 10.4 Å². The molecular formula is C18H22N2O4S. The molecule has 1 aliphatic heterocycles. The molecule has 2 heterocycles. The van der Waals surface area contributed by atoms with Crippen molar-refractivity contribution in [2.45, 2.75) is 39.2 Å². The molecule has 0 radical (unpaired) electrons. The molecule has 6 nitrogen and oxygen atoms in total. The first-order valence-corrected chi connectivity index (χ1v) is 9.03. The number of thiazole rings is 1. The van der Waals surface area contributed by atoms with Gasteiger partial charge in [0.1, 0.15) is 11.3 Å². The number of carbonyl (C=O) groups is 1. The van der Waals surface area contributed by atoms with Gasteiger partial charge in [0.15, 0.2) is 0 Å². The maximum atomic E-state index is 11.7. The monoisotopic (exact) mass is 362 g/mol. The molecule has 2 aromatic rings. The fourth-order valence-electron chi connectivity index (χ4n) is 2.42. The van der Waals surface area contributed by atoms with E-state index >= 15 is 0 Å². The summed E-state index contributed by atoms with van der Waals surface area (Å²) in [4.78, 5) is 17.1. The number of amides is 1. The Kier molecular flexibility index (Phi) is 5.36. The number of hydrogen-bond acceptors (Lipinski definition) is 6. The molecule has 0 aliphatic carbocycles. The number of rotatable bonds is 4. The lowest BCUT2D eigenvalue weighted by Crippen LogP contribution is -2.32. The lowest BCUT2D eigenvalue weighted by atomic mass is 10.1. The molecule has 25 heavy (non-hydrogen) atoms. The van der Waals surface area contributed by atoms with E-state index in [9.17, 15) is 4.79 Å². The zero-order valence-electron chi connectivity index (χ0n) is 14.6. The molecule has 0 saturated carbocycles. The Morgan fingerprint density at radius 2 is 1.96 bits per heavy atom. The highest BCUT2D eigenvalue weighted by Crippen LogP contribution is 2.35. The van der Waals surface area contributed by atoms with Crippen LogP contribution in [-0.4, -0.2) is 29.9 Å². The van der Waals surface area contributed by atoms with Crippen molar-refractivity contribution >= 4 is 17.4 Å². The predicted molar refractivity (Wildman–Crippen MR) is 95.3 cm³/mol. The van der Waals surface area contributed by atoms with Crippen molar-refractivity contribution in [2.24, 2.45) is 0 Å². The van der Waals surface area contributed by atoms with Gasteiger partial charge >= 0.3 is 6.09 Å². The van der Waals surface area contributed by atoms with E-state index in [0.29, 0.717) is 19.8 Å². The van der Waals surface area contributed by atoms with Gasteiger partial charge in [0.05, 0.1) is 23.6 Å². The van der Waals surface area contributed by atoms with Gasteiger partial charge in [-0.25, -0.2) is 9.78 Å². The Morgan fingerprint density at radius 1 is 1.28 bits per heavy atom. The van der Waals surface area contributed by atoms with Crippen LogP contribution in [0.1, 0.15) is 38.3 Å². The Hall–Kier alpha value is -1.96. The van der Waals surface area contributed by atoms with Gasteiger partial charge in [0, 0.05) is 6.54 Å². The van der Waals surface area contributed by atoms with Gasteiger partial charge in [-0.2, -0.15) is 0 Å². The van der Waals surface area contributed by atoms with Gasteiger partial charge < -0.3 is 19.5 Å². The van der Waals surface area contributed by atoms with Crippen molar-refractivity contribution in [3.8, 4) is 10.4 Å². The average Bonchev–Trinajstić information content (AvgIpc) is 3.22. The molecule has 134 valence electrons. The van der Waals surface area contributed by atoms with Crippen molar-refractivity contribution < 1.29 is 19.0 Å².